The average Bonchev–Trinajstić information content (AvgIpc) is 2.39. The number of nitrogens with zero attached hydrogens (tertiary/aromatic N) is 2. The Labute approximate surface area is 111 Å². The maximum atomic E-state index is 5.99. The summed E-state index contributed by atoms with van der Waals surface area (Å²) in [7, 11) is 0. The van der Waals surface area contributed by atoms with Gasteiger partial charge in [0.15, 0.2) is 5.17 Å². The van der Waals surface area contributed by atoms with Gasteiger partial charge in [-0.05, 0) is 43.0 Å². The van der Waals surface area contributed by atoms with Crippen molar-refractivity contribution in [3.8, 4) is 0 Å². The van der Waals surface area contributed by atoms with E-state index in [1.54, 1.807) is 0 Å². The van der Waals surface area contributed by atoms with Gasteiger partial charge in [-0.15, -0.1) is 0 Å². The van der Waals surface area contributed by atoms with Crippen molar-refractivity contribution in [2.75, 3.05) is 13.1 Å². The lowest BCUT2D eigenvalue weighted by atomic mass is 10.1. The minimum Gasteiger partial charge on any atom is -0.351 e. The number of halogens is 1. The van der Waals surface area contributed by atoms with Crippen LogP contribution in [0.1, 0.15) is 24.8 Å². The van der Waals surface area contributed by atoms with E-state index in [1.807, 2.05) is 30.0 Å². The van der Waals surface area contributed by atoms with Gasteiger partial charge in [-0.1, -0.05) is 23.4 Å². The molecule has 0 bridgehead atoms. The van der Waals surface area contributed by atoms with Gasteiger partial charge in [0.2, 0.25) is 0 Å². The lowest BCUT2D eigenvalue weighted by molar-refractivity contribution is 0.348. The van der Waals surface area contributed by atoms with Gasteiger partial charge in [0.1, 0.15) is 0 Å². The fourth-order valence-corrected chi connectivity index (χ4v) is 3.54. The number of hydrogen-bond donors (Lipinski definition) is 0. The lowest BCUT2D eigenvalue weighted by Crippen LogP contribution is -2.34. The van der Waals surface area contributed by atoms with Crippen LogP contribution in [-0.4, -0.2) is 23.2 Å². The SMILES string of the molecule is Clc1ccc2c(c1)CSC(N1CCCCC1)=N2. The molecular formula is C13H15ClN2S. The average molecular weight is 267 g/mol. The summed E-state index contributed by atoms with van der Waals surface area (Å²) in [6.45, 7) is 2.32. The second-order valence-electron chi connectivity index (χ2n) is 4.50. The number of rotatable bonds is 0. The Morgan fingerprint density at radius 1 is 1.18 bits per heavy atom. The molecule has 0 N–H and O–H groups in total. The van der Waals surface area contributed by atoms with E-state index in [4.69, 9.17) is 16.6 Å². The quantitative estimate of drug-likeness (QED) is 0.704. The number of amidine groups is 1. The number of thioether (sulfide) groups is 1. The number of aliphatic imine (C=N–C) groups is 1. The van der Waals surface area contributed by atoms with Crippen molar-refractivity contribution in [3.63, 3.8) is 0 Å². The maximum Gasteiger partial charge on any atom is 0.164 e. The van der Waals surface area contributed by atoms with Gasteiger partial charge in [-0.2, -0.15) is 0 Å². The Morgan fingerprint density at radius 3 is 2.82 bits per heavy atom. The first kappa shape index (κ1) is 11.4. The van der Waals surface area contributed by atoms with Gasteiger partial charge in [0.25, 0.3) is 0 Å². The predicted octanol–water partition coefficient (Wildman–Crippen LogP) is 4.06. The molecule has 2 heterocycles. The number of hydrogen-bond acceptors (Lipinski definition) is 3. The summed E-state index contributed by atoms with van der Waals surface area (Å²) in [4.78, 5) is 7.18. The summed E-state index contributed by atoms with van der Waals surface area (Å²) >= 11 is 7.83. The first-order chi connectivity index (χ1) is 8.33. The van der Waals surface area contributed by atoms with Crippen LogP contribution in [0.5, 0.6) is 0 Å². The third kappa shape index (κ3) is 2.45. The molecule has 3 rings (SSSR count). The number of piperidine rings is 1. The van der Waals surface area contributed by atoms with Crippen molar-refractivity contribution in [1.29, 1.82) is 0 Å². The summed E-state index contributed by atoms with van der Waals surface area (Å²) < 4.78 is 0. The molecule has 1 saturated heterocycles. The Morgan fingerprint density at radius 2 is 2.00 bits per heavy atom. The van der Waals surface area contributed by atoms with Crippen LogP contribution in [0.2, 0.25) is 5.02 Å². The van der Waals surface area contributed by atoms with Crippen LogP contribution in [-0.2, 0) is 5.75 Å². The molecule has 0 radical (unpaired) electrons. The molecule has 0 aromatic heterocycles. The second-order valence-corrected chi connectivity index (χ2v) is 5.88. The summed E-state index contributed by atoms with van der Waals surface area (Å²) in [6, 6.07) is 5.98. The largest absolute Gasteiger partial charge is 0.351 e. The molecule has 1 aromatic rings. The Bertz CT molecular complexity index is 453. The smallest absolute Gasteiger partial charge is 0.164 e. The first-order valence-corrected chi connectivity index (χ1v) is 7.44. The number of likely N-dealkylation sites (tertiary alicyclic amines) is 1. The monoisotopic (exact) mass is 266 g/mol. The molecule has 2 nitrogen and oxygen atoms in total. The highest BCUT2D eigenvalue weighted by atomic mass is 35.5. The molecule has 0 aliphatic carbocycles. The fourth-order valence-electron chi connectivity index (χ4n) is 2.30. The molecule has 4 heteroatoms. The van der Waals surface area contributed by atoms with E-state index in [0.717, 1.165) is 29.6 Å². The molecule has 1 fully saturated rings. The van der Waals surface area contributed by atoms with Gasteiger partial charge < -0.3 is 4.90 Å². The van der Waals surface area contributed by atoms with Crippen molar-refractivity contribution < 1.29 is 0 Å². The molecule has 0 amide bonds. The zero-order chi connectivity index (χ0) is 11.7. The van der Waals surface area contributed by atoms with Crippen molar-refractivity contribution in [2.24, 2.45) is 4.99 Å². The van der Waals surface area contributed by atoms with Crippen LogP contribution in [0.4, 0.5) is 5.69 Å². The standard InChI is InChI=1S/C13H15ClN2S/c14-11-4-5-12-10(8-11)9-17-13(15-12)16-6-2-1-3-7-16/h4-5,8H,1-3,6-7,9H2. The zero-order valence-corrected chi connectivity index (χ0v) is 11.2. The highest BCUT2D eigenvalue weighted by molar-refractivity contribution is 8.13. The third-order valence-electron chi connectivity index (χ3n) is 3.24. The number of benzene rings is 1. The van der Waals surface area contributed by atoms with E-state index in [9.17, 15) is 0 Å². The molecule has 0 unspecified atom stereocenters. The van der Waals surface area contributed by atoms with Crippen molar-refractivity contribution in [3.05, 3.63) is 28.8 Å². The van der Waals surface area contributed by atoms with E-state index in [-0.39, 0.29) is 0 Å². The van der Waals surface area contributed by atoms with Gasteiger partial charge in [0, 0.05) is 23.9 Å². The molecule has 17 heavy (non-hydrogen) atoms. The second kappa shape index (κ2) is 4.91. The van der Waals surface area contributed by atoms with E-state index >= 15 is 0 Å². The molecule has 2 aliphatic rings. The summed E-state index contributed by atoms with van der Waals surface area (Å²) in [5.74, 6) is 0.991. The minimum absolute atomic E-state index is 0.806. The van der Waals surface area contributed by atoms with Gasteiger partial charge in [0.05, 0.1) is 5.69 Å². The topological polar surface area (TPSA) is 15.6 Å². The number of fused-ring (bicyclic) bond motifs is 1. The maximum absolute atomic E-state index is 5.99. The molecule has 1 aromatic carbocycles. The molecule has 2 aliphatic heterocycles. The van der Waals surface area contributed by atoms with Crippen LogP contribution in [0.15, 0.2) is 23.2 Å². The van der Waals surface area contributed by atoms with E-state index in [1.165, 1.54) is 30.0 Å². The first-order valence-electron chi connectivity index (χ1n) is 6.08. The molecule has 0 spiro atoms. The summed E-state index contributed by atoms with van der Waals surface area (Å²) in [5.41, 5.74) is 2.34. The van der Waals surface area contributed by atoms with Crippen LogP contribution >= 0.6 is 23.4 Å². The lowest BCUT2D eigenvalue weighted by Gasteiger charge is -2.31. The van der Waals surface area contributed by atoms with Crippen molar-refractivity contribution in [2.45, 2.75) is 25.0 Å². The van der Waals surface area contributed by atoms with E-state index in [2.05, 4.69) is 4.90 Å². The van der Waals surface area contributed by atoms with Gasteiger partial charge >= 0.3 is 0 Å². The van der Waals surface area contributed by atoms with E-state index in [0.29, 0.717) is 0 Å². The molecule has 0 atom stereocenters. The summed E-state index contributed by atoms with van der Waals surface area (Å²) in [6.07, 6.45) is 3.96. The summed E-state index contributed by atoms with van der Waals surface area (Å²) in [5, 5.41) is 2.00. The van der Waals surface area contributed by atoms with Gasteiger partial charge in [-0.3, -0.25) is 0 Å². The Balaban J connectivity index is 1.86. The minimum atomic E-state index is 0.806. The zero-order valence-electron chi connectivity index (χ0n) is 9.66. The fraction of sp³-hybridized carbons (Fsp3) is 0.462. The van der Waals surface area contributed by atoms with Crippen LogP contribution in [0.25, 0.3) is 0 Å². The van der Waals surface area contributed by atoms with Crippen molar-refractivity contribution in [1.82, 2.24) is 4.90 Å². The van der Waals surface area contributed by atoms with E-state index < -0.39 is 0 Å². The normalized spacial score (nSPS) is 19.8. The van der Waals surface area contributed by atoms with Crippen LogP contribution in [0, 0.1) is 0 Å². The Kier molecular flexibility index (Phi) is 3.30. The predicted molar refractivity (Wildman–Crippen MR) is 75.3 cm³/mol. The highest BCUT2D eigenvalue weighted by Crippen LogP contribution is 2.34. The van der Waals surface area contributed by atoms with Gasteiger partial charge in [-0.25, -0.2) is 4.99 Å². The van der Waals surface area contributed by atoms with Crippen LogP contribution in [0.3, 0.4) is 0 Å². The highest BCUT2D eigenvalue weighted by Gasteiger charge is 2.19. The third-order valence-corrected chi connectivity index (χ3v) is 4.54. The Hall–Kier alpha value is -0.670. The molecular weight excluding hydrogens is 252 g/mol. The van der Waals surface area contributed by atoms with Crippen molar-refractivity contribution >= 4 is 34.2 Å². The molecule has 90 valence electrons. The van der Waals surface area contributed by atoms with Crippen LogP contribution < -0.4 is 0 Å². The molecule has 0 saturated carbocycles.